The van der Waals surface area contributed by atoms with Crippen molar-refractivity contribution in [1.29, 1.82) is 0 Å². The number of carboxylic acids is 1. The largest absolute Gasteiger partial charge is 0.497 e. The van der Waals surface area contributed by atoms with Crippen molar-refractivity contribution in [2.45, 2.75) is 32.9 Å². The topological polar surface area (TPSA) is 111 Å². The summed E-state index contributed by atoms with van der Waals surface area (Å²) >= 11 is 1.57. The summed E-state index contributed by atoms with van der Waals surface area (Å²) in [5.41, 5.74) is 1.57. The number of methoxy groups -OCH3 is 1. The molecule has 1 atom stereocenters. The third kappa shape index (κ3) is 6.71. The van der Waals surface area contributed by atoms with Gasteiger partial charge in [-0.25, -0.2) is 14.6 Å². The van der Waals surface area contributed by atoms with Gasteiger partial charge in [0.1, 0.15) is 29.1 Å². The van der Waals surface area contributed by atoms with Crippen LogP contribution in [0.1, 0.15) is 23.9 Å². The number of amides is 1. The van der Waals surface area contributed by atoms with Crippen molar-refractivity contribution in [3.63, 3.8) is 0 Å². The molecule has 2 aromatic carbocycles. The average molecular weight is 537 g/mol. The number of aryl methyl sites for hydroxylation is 1. The summed E-state index contributed by atoms with van der Waals surface area (Å²) in [5, 5.41) is 11.5. The van der Waals surface area contributed by atoms with Gasteiger partial charge in [0.15, 0.2) is 0 Å². The van der Waals surface area contributed by atoms with E-state index in [0.29, 0.717) is 30.4 Å². The van der Waals surface area contributed by atoms with Gasteiger partial charge < -0.3 is 23.7 Å². The first-order chi connectivity index (χ1) is 18.3. The Morgan fingerprint density at radius 3 is 2.37 bits per heavy atom. The van der Waals surface area contributed by atoms with Gasteiger partial charge in [0.2, 0.25) is 5.89 Å². The molecule has 1 amide bonds. The van der Waals surface area contributed by atoms with Gasteiger partial charge in [0, 0.05) is 13.0 Å². The molecule has 198 valence electrons. The van der Waals surface area contributed by atoms with Crippen LogP contribution in [0.15, 0.2) is 70.5 Å². The van der Waals surface area contributed by atoms with E-state index in [4.69, 9.17) is 18.6 Å². The van der Waals surface area contributed by atoms with Crippen LogP contribution in [0.25, 0.3) is 10.8 Å². The second-order valence-corrected chi connectivity index (χ2v) is 9.37. The fraction of sp³-hybridized carbons (Fsp3) is 0.250. The lowest BCUT2D eigenvalue weighted by Gasteiger charge is -2.25. The minimum atomic E-state index is -1.14. The standard InChI is InChI=1S/C28H28N2O7S/c1-18(27(31)32)30(28(33)37-23-12-10-21(34-3)11-13-23)17-20-6-8-22(9-7-20)35-15-14-24-19(2)36-26(29-24)25-5-4-16-38-25/h4-13,16,18H,14-15,17H2,1-3H3,(H,31,32). The molecule has 0 aliphatic carbocycles. The van der Waals surface area contributed by atoms with Crippen molar-refractivity contribution in [3.05, 3.63) is 83.1 Å². The van der Waals surface area contributed by atoms with E-state index in [1.54, 1.807) is 59.9 Å². The van der Waals surface area contributed by atoms with Crippen LogP contribution >= 0.6 is 11.3 Å². The molecule has 4 rings (SSSR count). The van der Waals surface area contributed by atoms with Crippen LogP contribution in [0.2, 0.25) is 0 Å². The van der Waals surface area contributed by atoms with E-state index in [1.165, 1.54) is 14.0 Å². The van der Waals surface area contributed by atoms with Crippen LogP contribution in [0, 0.1) is 6.92 Å². The third-order valence-corrected chi connectivity index (χ3v) is 6.69. The zero-order valence-electron chi connectivity index (χ0n) is 21.2. The highest BCUT2D eigenvalue weighted by Crippen LogP contribution is 2.26. The summed E-state index contributed by atoms with van der Waals surface area (Å²) in [6, 6.07) is 16.4. The van der Waals surface area contributed by atoms with Crippen LogP contribution in [0.5, 0.6) is 17.2 Å². The normalized spacial score (nSPS) is 11.6. The summed E-state index contributed by atoms with van der Waals surface area (Å²) in [4.78, 5) is 31.2. The smallest absolute Gasteiger partial charge is 0.416 e. The molecule has 0 spiro atoms. The molecule has 0 aliphatic heterocycles. The van der Waals surface area contributed by atoms with Crippen LogP contribution < -0.4 is 14.2 Å². The Balaban J connectivity index is 1.35. The van der Waals surface area contributed by atoms with Crippen molar-refractivity contribution in [1.82, 2.24) is 9.88 Å². The van der Waals surface area contributed by atoms with E-state index in [9.17, 15) is 14.7 Å². The SMILES string of the molecule is COc1ccc(OC(=O)N(Cc2ccc(OCCc3nc(-c4cccs4)oc3C)cc2)C(C)C(=O)O)cc1. The quantitative estimate of drug-likeness (QED) is 0.255. The minimum Gasteiger partial charge on any atom is -0.497 e. The maximum Gasteiger partial charge on any atom is 0.416 e. The van der Waals surface area contributed by atoms with E-state index in [1.807, 2.05) is 24.4 Å². The highest BCUT2D eigenvalue weighted by atomic mass is 32.1. The number of nitrogens with zero attached hydrogens (tertiary/aromatic N) is 2. The van der Waals surface area contributed by atoms with Gasteiger partial charge >= 0.3 is 12.1 Å². The summed E-state index contributed by atoms with van der Waals surface area (Å²) in [6.07, 6.45) is -0.181. The molecule has 1 unspecified atom stereocenters. The molecule has 1 N–H and O–H groups in total. The third-order valence-electron chi connectivity index (χ3n) is 5.83. The van der Waals surface area contributed by atoms with Gasteiger partial charge in [0.25, 0.3) is 0 Å². The maximum atomic E-state index is 12.8. The van der Waals surface area contributed by atoms with E-state index in [0.717, 1.165) is 26.8 Å². The molecule has 9 nitrogen and oxygen atoms in total. The average Bonchev–Trinajstić information content (AvgIpc) is 3.58. The lowest BCUT2D eigenvalue weighted by Crippen LogP contribution is -2.44. The molecule has 0 bridgehead atoms. The van der Waals surface area contributed by atoms with E-state index in [2.05, 4.69) is 4.98 Å². The summed E-state index contributed by atoms with van der Waals surface area (Å²) < 4.78 is 22.1. The summed E-state index contributed by atoms with van der Waals surface area (Å²) in [5.74, 6) is 1.78. The predicted molar refractivity (Wildman–Crippen MR) is 142 cm³/mol. The fourth-order valence-electron chi connectivity index (χ4n) is 3.62. The Morgan fingerprint density at radius 2 is 1.74 bits per heavy atom. The van der Waals surface area contributed by atoms with Crippen molar-refractivity contribution in [2.24, 2.45) is 0 Å². The molecular weight excluding hydrogens is 508 g/mol. The molecule has 0 radical (unpaired) electrons. The number of oxazole rings is 1. The van der Waals surface area contributed by atoms with Crippen molar-refractivity contribution in [3.8, 4) is 28.0 Å². The number of carboxylic acid groups (broad SMARTS) is 1. The molecule has 10 heteroatoms. The Bertz CT molecular complexity index is 1350. The predicted octanol–water partition coefficient (Wildman–Crippen LogP) is 5.82. The number of hydrogen-bond donors (Lipinski definition) is 1. The van der Waals surface area contributed by atoms with Crippen molar-refractivity contribution < 1.29 is 33.3 Å². The highest BCUT2D eigenvalue weighted by molar-refractivity contribution is 7.13. The molecule has 0 saturated heterocycles. The molecule has 0 saturated carbocycles. The molecule has 38 heavy (non-hydrogen) atoms. The number of carbonyl (C=O) groups excluding carboxylic acids is 1. The molecule has 2 aromatic heterocycles. The monoisotopic (exact) mass is 536 g/mol. The van der Waals surface area contributed by atoms with Gasteiger partial charge in [-0.3, -0.25) is 4.90 Å². The first kappa shape index (κ1) is 26.7. The van der Waals surface area contributed by atoms with E-state index < -0.39 is 18.1 Å². The summed E-state index contributed by atoms with van der Waals surface area (Å²) in [7, 11) is 1.53. The zero-order chi connectivity index (χ0) is 27.1. The van der Waals surface area contributed by atoms with Gasteiger partial charge in [-0.05, 0) is 67.3 Å². The lowest BCUT2D eigenvalue weighted by atomic mass is 10.2. The molecule has 0 fully saturated rings. The number of aromatic nitrogens is 1. The van der Waals surface area contributed by atoms with Crippen LogP contribution in [-0.4, -0.2) is 46.8 Å². The van der Waals surface area contributed by atoms with Gasteiger partial charge in [0.05, 0.1) is 24.3 Å². The van der Waals surface area contributed by atoms with Gasteiger partial charge in [-0.1, -0.05) is 18.2 Å². The molecule has 4 aromatic rings. The number of thiophene rings is 1. The van der Waals surface area contributed by atoms with Crippen LogP contribution in [0.4, 0.5) is 4.79 Å². The second-order valence-electron chi connectivity index (χ2n) is 8.43. The van der Waals surface area contributed by atoms with Gasteiger partial charge in [-0.15, -0.1) is 11.3 Å². The molecule has 2 heterocycles. The number of hydrogen-bond acceptors (Lipinski definition) is 8. The Hall–Kier alpha value is -4.31. The number of carbonyl (C=O) groups is 2. The number of ether oxygens (including phenoxy) is 3. The second kappa shape index (κ2) is 12.3. The van der Waals surface area contributed by atoms with Crippen LogP contribution in [0.3, 0.4) is 0 Å². The Labute approximate surface area is 224 Å². The number of rotatable bonds is 11. The molecular formula is C28H28N2O7S. The zero-order valence-corrected chi connectivity index (χ0v) is 22.1. The first-order valence-electron chi connectivity index (χ1n) is 11.9. The van der Waals surface area contributed by atoms with E-state index >= 15 is 0 Å². The highest BCUT2D eigenvalue weighted by Gasteiger charge is 2.27. The van der Waals surface area contributed by atoms with Crippen molar-refractivity contribution >= 4 is 23.4 Å². The first-order valence-corrected chi connectivity index (χ1v) is 12.8. The summed E-state index contributed by atoms with van der Waals surface area (Å²) in [6.45, 7) is 3.78. The maximum absolute atomic E-state index is 12.8. The van der Waals surface area contributed by atoms with Crippen molar-refractivity contribution in [2.75, 3.05) is 13.7 Å². The number of benzene rings is 2. The lowest BCUT2D eigenvalue weighted by molar-refractivity contribution is -0.142. The fourth-order valence-corrected chi connectivity index (χ4v) is 4.26. The Kier molecular flexibility index (Phi) is 8.65. The van der Waals surface area contributed by atoms with Crippen LogP contribution in [-0.2, 0) is 17.8 Å². The van der Waals surface area contributed by atoms with Gasteiger partial charge in [-0.2, -0.15) is 0 Å². The minimum absolute atomic E-state index is 0.0480. The van der Waals surface area contributed by atoms with E-state index in [-0.39, 0.29) is 12.3 Å². The Morgan fingerprint density at radius 1 is 1.05 bits per heavy atom. The number of aliphatic carboxylic acids is 1. The molecule has 0 aliphatic rings.